The van der Waals surface area contributed by atoms with Crippen molar-refractivity contribution in [2.24, 2.45) is 0 Å². The normalized spacial score (nSPS) is 18.5. The van der Waals surface area contributed by atoms with Gasteiger partial charge in [0.1, 0.15) is 5.75 Å². The van der Waals surface area contributed by atoms with Gasteiger partial charge in [-0.1, -0.05) is 45.4 Å². The second-order valence-electron chi connectivity index (χ2n) is 10.3. The number of H-pyrrole nitrogens is 1. The first-order chi connectivity index (χ1) is 17.2. The fraction of sp³-hybridized carbons (Fsp3) is 0.630. The Labute approximate surface area is 207 Å². The topological polar surface area (TPSA) is 88.9 Å². The molecule has 3 aromatic rings. The summed E-state index contributed by atoms with van der Waals surface area (Å²) in [7, 11) is 1.64. The summed E-state index contributed by atoms with van der Waals surface area (Å²) in [5.74, 6) is 1.72. The number of aromatic amines is 1. The second kappa shape index (κ2) is 10.9. The zero-order valence-corrected chi connectivity index (χ0v) is 21.1. The molecule has 8 heteroatoms. The van der Waals surface area contributed by atoms with Gasteiger partial charge in [0, 0.05) is 24.2 Å². The lowest BCUT2D eigenvalue weighted by molar-refractivity contribution is 0.0798. The molecule has 0 bridgehead atoms. The number of ether oxygens (including phenoxy) is 1. The number of nitrogens with zero attached hydrogens (tertiary/aromatic N) is 5. The third-order valence-electron chi connectivity index (χ3n) is 7.98. The summed E-state index contributed by atoms with van der Waals surface area (Å²) in [5, 5.41) is 14.2. The number of aromatic nitrogens is 5. The highest BCUT2D eigenvalue weighted by atomic mass is 16.5. The van der Waals surface area contributed by atoms with Crippen LogP contribution in [-0.4, -0.2) is 43.2 Å². The van der Waals surface area contributed by atoms with E-state index in [0.717, 1.165) is 66.6 Å². The molecule has 0 spiro atoms. The molecule has 2 heterocycles. The molecule has 1 unspecified atom stereocenters. The maximum Gasteiger partial charge on any atom is 0.252 e. The molecule has 0 saturated heterocycles. The standard InChI is InChI=1S/C27H38N6O2/c1-3-9-25(26-29-30-31-33(26)22-12-7-8-13-22)32(21-10-5-4-6-11-21)18-20-16-19-14-15-23(35-2)17-24(19)28-27(20)34/h14-17,21-22,25H,3-13,18H2,1-2H3,(H,28,34). The predicted octanol–water partition coefficient (Wildman–Crippen LogP) is 5.31. The van der Waals surface area contributed by atoms with Crippen molar-refractivity contribution in [3.8, 4) is 5.75 Å². The molecule has 0 radical (unpaired) electrons. The Balaban J connectivity index is 1.52. The molecule has 2 aliphatic rings. The molecule has 1 aromatic carbocycles. The summed E-state index contributed by atoms with van der Waals surface area (Å²) in [6.07, 6.45) is 12.9. The number of methoxy groups -OCH3 is 1. The monoisotopic (exact) mass is 478 g/mol. The van der Waals surface area contributed by atoms with E-state index < -0.39 is 0 Å². The summed E-state index contributed by atoms with van der Waals surface area (Å²) < 4.78 is 7.45. The van der Waals surface area contributed by atoms with Crippen LogP contribution in [0.5, 0.6) is 5.75 Å². The second-order valence-corrected chi connectivity index (χ2v) is 10.3. The molecule has 2 aromatic heterocycles. The molecular weight excluding hydrogens is 440 g/mol. The Morgan fingerprint density at radius 3 is 2.63 bits per heavy atom. The number of tetrazole rings is 1. The van der Waals surface area contributed by atoms with Gasteiger partial charge in [0.05, 0.1) is 24.7 Å². The number of fused-ring (bicyclic) bond motifs is 1. The third-order valence-corrected chi connectivity index (χ3v) is 7.98. The Morgan fingerprint density at radius 1 is 1.11 bits per heavy atom. The minimum atomic E-state index is -0.0304. The van der Waals surface area contributed by atoms with Gasteiger partial charge in [0.15, 0.2) is 5.82 Å². The van der Waals surface area contributed by atoms with Crippen LogP contribution in [0, 0.1) is 0 Å². The third kappa shape index (κ3) is 5.13. The van der Waals surface area contributed by atoms with E-state index in [4.69, 9.17) is 4.74 Å². The first kappa shape index (κ1) is 24.0. The molecule has 188 valence electrons. The van der Waals surface area contributed by atoms with Crippen molar-refractivity contribution in [1.82, 2.24) is 30.1 Å². The van der Waals surface area contributed by atoms with Gasteiger partial charge in [-0.05, 0) is 66.1 Å². The van der Waals surface area contributed by atoms with Crippen LogP contribution >= 0.6 is 0 Å². The molecule has 2 fully saturated rings. The Bertz CT molecular complexity index is 1180. The van der Waals surface area contributed by atoms with Crippen molar-refractivity contribution >= 4 is 10.9 Å². The van der Waals surface area contributed by atoms with Gasteiger partial charge in [-0.3, -0.25) is 9.69 Å². The van der Waals surface area contributed by atoms with Crippen molar-refractivity contribution in [3.63, 3.8) is 0 Å². The lowest BCUT2D eigenvalue weighted by atomic mass is 9.91. The van der Waals surface area contributed by atoms with Crippen LogP contribution in [0.3, 0.4) is 0 Å². The van der Waals surface area contributed by atoms with E-state index >= 15 is 0 Å². The first-order valence-electron chi connectivity index (χ1n) is 13.4. The highest BCUT2D eigenvalue weighted by molar-refractivity contribution is 5.80. The number of benzene rings is 1. The summed E-state index contributed by atoms with van der Waals surface area (Å²) in [6, 6.07) is 8.82. The first-order valence-corrected chi connectivity index (χ1v) is 13.4. The van der Waals surface area contributed by atoms with Crippen molar-refractivity contribution in [1.29, 1.82) is 0 Å². The summed E-state index contributed by atoms with van der Waals surface area (Å²) in [4.78, 5) is 18.9. The van der Waals surface area contributed by atoms with Crippen LogP contribution in [0.4, 0.5) is 0 Å². The minimum Gasteiger partial charge on any atom is -0.497 e. The lowest BCUT2D eigenvalue weighted by Gasteiger charge is -2.39. The number of hydrogen-bond acceptors (Lipinski definition) is 6. The molecule has 2 saturated carbocycles. The smallest absolute Gasteiger partial charge is 0.252 e. The van der Waals surface area contributed by atoms with E-state index in [0.29, 0.717) is 18.6 Å². The van der Waals surface area contributed by atoms with Gasteiger partial charge >= 0.3 is 0 Å². The molecule has 35 heavy (non-hydrogen) atoms. The molecule has 1 N–H and O–H groups in total. The van der Waals surface area contributed by atoms with Crippen molar-refractivity contribution in [2.75, 3.05) is 7.11 Å². The van der Waals surface area contributed by atoms with Gasteiger partial charge in [-0.2, -0.15) is 0 Å². The molecule has 5 rings (SSSR count). The molecule has 0 amide bonds. The average molecular weight is 479 g/mol. The molecular formula is C27H38N6O2. The summed E-state index contributed by atoms with van der Waals surface area (Å²) in [6.45, 7) is 2.83. The van der Waals surface area contributed by atoms with Crippen molar-refractivity contribution < 1.29 is 4.74 Å². The van der Waals surface area contributed by atoms with Gasteiger partial charge in [0.25, 0.3) is 5.56 Å². The van der Waals surface area contributed by atoms with Gasteiger partial charge < -0.3 is 9.72 Å². The maximum atomic E-state index is 13.2. The van der Waals surface area contributed by atoms with Crippen LogP contribution in [0.2, 0.25) is 0 Å². The van der Waals surface area contributed by atoms with E-state index in [1.165, 1.54) is 32.1 Å². The predicted molar refractivity (Wildman–Crippen MR) is 137 cm³/mol. The van der Waals surface area contributed by atoms with Crippen molar-refractivity contribution in [2.45, 2.75) is 102 Å². The zero-order valence-electron chi connectivity index (χ0n) is 21.1. The van der Waals surface area contributed by atoms with Gasteiger partial charge in [-0.25, -0.2) is 4.68 Å². The lowest BCUT2D eigenvalue weighted by Crippen LogP contribution is -2.41. The quantitative estimate of drug-likeness (QED) is 0.448. The number of rotatable bonds is 9. The Hall–Kier alpha value is -2.74. The van der Waals surface area contributed by atoms with Gasteiger partial charge in [0.2, 0.25) is 0 Å². The highest BCUT2D eigenvalue weighted by Gasteiger charge is 2.34. The largest absolute Gasteiger partial charge is 0.497 e. The van der Waals surface area contributed by atoms with Crippen LogP contribution in [0.25, 0.3) is 10.9 Å². The Kier molecular flexibility index (Phi) is 7.46. The van der Waals surface area contributed by atoms with Crippen LogP contribution in [0.15, 0.2) is 29.1 Å². The van der Waals surface area contributed by atoms with E-state index in [-0.39, 0.29) is 11.6 Å². The fourth-order valence-corrected chi connectivity index (χ4v) is 6.12. The summed E-state index contributed by atoms with van der Waals surface area (Å²) >= 11 is 0. The molecule has 2 aliphatic carbocycles. The van der Waals surface area contributed by atoms with E-state index in [9.17, 15) is 4.79 Å². The number of nitrogens with one attached hydrogen (secondary N) is 1. The fourth-order valence-electron chi connectivity index (χ4n) is 6.12. The van der Waals surface area contributed by atoms with E-state index in [2.05, 4.69) is 37.0 Å². The van der Waals surface area contributed by atoms with E-state index in [1.54, 1.807) is 7.11 Å². The number of pyridine rings is 1. The molecule has 8 nitrogen and oxygen atoms in total. The number of hydrogen-bond donors (Lipinski definition) is 1. The van der Waals surface area contributed by atoms with Crippen LogP contribution < -0.4 is 10.3 Å². The average Bonchev–Trinajstić information content (AvgIpc) is 3.59. The minimum absolute atomic E-state index is 0.0304. The zero-order chi connectivity index (χ0) is 24.2. The molecule has 1 atom stereocenters. The SMILES string of the molecule is CCCC(c1nnnn1C1CCCC1)N(Cc1cc2ccc(OC)cc2[nH]c1=O)C1CCCCC1. The summed E-state index contributed by atoms with van der Waals surface area (Å²) in [5.41, 5.74) is 1.57. The van der Waals surface area contributed by atoms with Crippen LogP contribution in [0.1, 0.15) is 101 Å². The maximum absolute atomic E-state index is 13.2. The highest BCUT2D eigenvalue weighted by Crippen LogP contribution is 2.36. The van der Waals surface area contributed by atoms with Gasteiger partial charge in [-0.15, -0.1) is 5.10 Å². The molecule has 0 aliphatic heterocycles. The van der Waals surface area contributed by atoms with E-state index in [1.807, 2.05) is 24.3 Å². The Morgan fingerprint density at radius 2 is 1.89 bits per heavy atom. The van der Waals surface area contributed by atoms with Crippen LogP contribution in [-0.2, 0) is 6.54 Å². The van der Waals surface area contributed by atoms with Crippen molar-refractivity contribution in [3.05, 3.63) is 46.0 Å².